The molecule has 37 heavy (non-hydrogen) atoms. The number of aromatic amines is 1. The number of carbonyl (C=O) groups is 2. The number of piperazine rings is 1. The van der Waals surface area contributed by atoms with E-state index in [-0.39, 0.29) is 29.3 Å². The molecule has 1 N–H and O–H groups in total. The molecule has 2 amide bonds. The molecule has 6 rings (SSSR count). The van der Waals surface area contributed by atoms with E-state index >= 15 is 0 Å². The Kier molecular flexibility index (Phi) is 5.60. The molecule has 10 heteroatoms. The highest BCUT2D eigenvalue weighted by Gasteiger charge is 2.59. The topological polar surface area (TPSA) is 90.4 Å². The van der Waals surface area contributed by atoms with Crippen molar-refractivity contribution in [1.29, 1.82) is 0 Å². The van der Waals surface area contributed by atoms with Gasteiger partial charge in [-0.05, 0) is 44.9 Å². The molecule has 0 bridgehead atoms. The van der Waals surface area contributed by atoms with Crippen LogP contribution in [-0.2, 0) is 9.59 Å². The van der Waals surface area contributed by atoms with Crippen molar-refractivity contribution in [2.24, 2.45) is 5.41 Å². The third-order valence-corrected chi connectivity index (χ3v) is 9.22. The van der Waals surface area contributed by atoms with E-state index in [1.165, 1.54) is 6.08 Å². The van der Waals surface area contributed by atoms with Crippen molar-refractivity contribution < 1.29 is 9.59 Å². The summed E-state index contributed by atoms with van der Waals surface area (Å²) in [7, 11) is 0. The quantitative estimate of drug-likeness (QED) is 0.527. The number of hydrogen-bond donors (Lipinski definition) is 1. The van der Waals surface area contributed by atoms with Crippen LogP contribution in [-0.4, -0.2) is 80.4 Å². The van der Waals surface area contributed by atoms with Crippen LogP contribution in [0.3, 0.4) is 0 Å². The van der Waals surface area contributed by atoms with Crippen LogP contribution in [0.2, 0.25) is 5.02 Å². The normalized spacial score (nSPS) is 25.4. The first kappa shape index (κ1) is 24.0. The van der Waals surface area contributed by atoms with Crippen LogP contribution in [0.5, 0.6) is 0 Å². The lowest BCUT2D eigenvalue weighted by Crippen LogP contribution is -2.69. The summed E-state index contributed by atoms with van der Waals surface area (Å²) in [6.07, 6.45) is 5.20. The molecular weight excluding hydrogens is 490 g/mol. The highest BCUT2D eigenvalue weighted by atomic mass is 35.5. The van der Waals surface area contributed by atoms with Gasteiger partial charge in [0, 0.05) is 78.3 Å². The molecular formula is C27H32ClN7O2. The SMILES string of the molecule is C=CC(=O)N1CC2(CC(n3nc(N4CCN(C(C)=O)CC4)c(-c4c(Cl)ccc5[nH]ncc45)c3C)C2)[C@@H]1C. The van der Waals surface area contributed by atoms with Gasteiger partial charge in [-0.15, -0.1) is 0 Å². The van der Waals surface area contributed by atoms with E-state index in [2.05, 4.69) is 40.2 Å². The number of halogens is 1. The zero-order valence-corrected chi connectivity index (χ0v) is 22.3. The van der Waals surface area contributed by atoms with Crippen molar-refractivity contribution in [2.75, 3.05) is 37.6 Å². The molecule has 3 aliphatic rings. The third kappa shape index (κ3) is 3.58. The molecule has 9 nitrogen and oxygen atoms in total. The molecule has 1 aliphatic carbocycles. The van der Waals surface area contributed by atoms with Crippen molar-refractivity contribution in [3.05, 3.63) is 41.7 Å². The van der Waals surface area contributed by atoms with Crippen LogP contribution in [0.1, 0.15) is 38.4 Å². The maximum Gasteiger partial charge on any atom is 0.246 e. The lowest BCUT2D eigenvalue weighted by Gasteiger charge is -2.63. The predicted octanol–water partition coefficient (Wildman–Crippen LogP) is 3.79. The largest absolute Gasteiger partial charge is 0.351 e. The summed E-state index contributed by atoms with van der Waals surface area (Å²) in [6, 6.07) is 4.32. The summed E-state index contributed by atoms with van der Waals surface area (Å²) in [5, 5.41) is 14.2. The number of anilines is 1. The average molecular weight is 522 g/mol. The minimum atomic E-state index is 0.00830. The number of H-pyrrole nitrogens is 1. The number of aromatic nitrogens is 4. The number of amides is 2. The number of benzene rings is 1. The van der Waals surface area contributed by atoms with Gasteiger partial charge in [0.2, 0.25) is 11.8 Å². The van der Waals surface area contributed by atoms with Gasteiger partial charge >= 0.3 is 0 Å². The van der Waals surface area contributed by atoms with Crippen LogP contribution >= 0.6 is 11.6 Å². The van der Waals surface area contributed by atoms with Gasteiger partial charge in [-0.1, -0.05) is 18.2 Å². The van der Waals surface area contributed by atoms with Crippen molar-refractivity contribution >= 4 is 40.1 Å². The maximum absolute atomic E-state index is 12.1. The molecule has 0 unspecified atom stereocenters. The van der Waals surface area contributed by atoms with E-state index in [1.807, 2.05) is 28.1 Å². The monoisotopic (exact) mass is 521 g/mol. The minimum absolute atomic E-state index is 0.00830. The van der Waals surface area contributed by atoms with E-state index in [9.17, 15) is 9.59 Å². The number of fused-ring (bicyclic) bond motifs is 1. The molecule has 2 aliphatic heterocycles. The molecule has 0 radical (unpaired) electrons. The molecule has 3 aromatic rings. The first-order valence-corrected chi connectivity index (χ1v) is 13.3. The second kappa shape index (κ2) is 8.62. The van der Waals surface area contributed by atoms with Crippen molar-refractivity contribution in [2.45, 2.75) is 45.7 Å². The van der Waals surface area contributed by atoms with E-state index < -0.39 is 0 Å². The minimum Gasteiger partial charge on any atom is -0.351 e. The summed E-state index contributed by atoms with van der Waals surface area (Å²) in [5.41, 5.74) is 4.12. The van der Waals surface area contributed by atoms with E-state index in [1.54, 1.807) is 6.92 Å². The lowest BCUT2D eigenvalue weighted by molar-refractivity contribution is -0.167. The second-order valence-corrected chi connectivity index (χ2v) is 11.2. The first-order chi connectivity index (χ1) is 17.7. The summed E-state index contributed by atoms with van der Waals surface area (Å²) >= 11 is 6.84. The molecule has 1 aromatic carbocycles. The molecule has 2 saturated heterocycles. The van der Waals surface area contributed by atoms with Gasteiger partial charge in [0.15, 0.2) is 5.82 Å². The van der Waals surface area contributed by atoms with Gasteiger partial charge in [0.25, 0.3) is 0 Å². The van der Waals surface area contributed by atoms with Gasteiger partial charge in [0.05, 0.1) is 17.8 Å². The Morgan fingerprint density at radius 1 is 1.19 bits per heavy atom. The Hall–Kier alpha value is -3.33. The Labute approximate surface area is 221 Å². The molecule has 3 fully saturated rings. The zero-order valence-electron chi connectivity index (χ0n) is 21.5. The summed E-state index contributed by atoms with van der Waals surface area (Å²) in [6.45, 7) is 13.1. The fourth-order valence-electron chi connectivity index (χ4n) is 6.59. The predicted molar refractivity (Wildman–Crippen MR) is 144 cm³/mol. The average Bonchev–Trinajstić information content (AvgIpc) is 3.47. The van der Waals surface area contributed by atoms with Crippen LogP contribution in [0.4, 0.5) is 5.82 Å². The number of rotatable bonds is 4. The third-order valence-electron chi connectivity index (χ3n) is 8.91. The van der Waals surface area contributed by atoms with Crippen LogP contribution < -0.4 is 4.90 Å². The molecule has 1 atom stereocenters. The van der Waals surface area contributed by atoms with Gasteiger partial charge < -0.3 is 14.7 Å². The maximum atomic E-state index is 12.1. The van der Waals surface area contributed by atoms with Crippen molar-refractivity contribution in [1.82, 2.24) is 29.8 Å². The first-order valence-electron chi connectivity index (χ1n) is 12.9. The highest BCUT2D eigenvalue weighted by Crippen LogP contribution is 2.58. The molecule has 1 saturated carbocycles. The van der Waals surface area contributed by atoms with Crippen LogP contribution in [0, 0.1) is 12.3 Å². The molecule has 194 valence electrons. The summed E-state index contributed by atoms with van der Waals surface area (Å²) in [5.74, 6) is 1.02. The molecule has 2 aromatic heterocycles. The van der Waals surface area contributed by atoms with Gasteiger partial charge in [-0.3, -0.25) is 19.4 Å². The number of nitrogens with one attached hydrogen (secondary N) is 1. The number of likely N-dealkylation sites (tertiary alicyclic amines) is 1. The Balaban J connectivity index is 1.37. The van der Waals surface area contributed by atoms with E-state index in [0.717, 1.165) is 52.9 Å². The van der Waals surface area contributed by atoms with Gasteiger partial charge in [0.1, 0.15) is 0 Å². The Bertz CT molecular complexity index is 1410. The van der Waals surface area contributed by atoms with E-state index in [4.69, 9.17) is 16.7 Å². The highest BCUT2D eigenvalue weighted by molar-refractivity contribution is 6.35. The van der Waals surface area contributed by atoms with Gasteiger partial charge in [-0.2, -0.15) is 10.2 Å². The molecule has 4 heterocycles. The number of carbonyl (C=O) groups excluding carboxylic acids is 2. The summed E-state index contributed by atoms with van der Waals surface area (Å²) < 4.78 is 2.17. The zero-order chi connectivity index (χ0) is 26.1. The standard InChI is InChI=1S/C27H32ClN7O2/c1-5-23(37)34-15-27(17(34)3)12-19(13-27)35-16(2)24(25-20-14-29-30-22(20)7-6-21(25)28)26(31-35)33-10-8-32(9-11-33)18(4)36/h5-7,14,17,19H,1,8-13,15H2,2-4H3,(H,29,30)/t17-,19?,27?/m0/s1. The smallest absolute Gasteiger partial charge is 0.246 e. The second-order valence-electron chi connectivity index (χ2n) is 10.7. The van der Waals surface area contributed by atoms with Crippen LogP contribution in [0.25, 0.3) is 22.0 Å². The number of nitrogens with zero attached hydrogens (tertiary/aromatic N) is 6. The molecule has 1 spiro atoms. The fraction of sp³-hybridized carbons (Fsp3) is 0.481. The summed E-state index contributed by atoms with van der Waals surface area (Å²) in [4.78, 5) is 30.1. The Morgan fingerprint density at radius 3 is 2.57 bits per heavy atom. The van der Waals surface area contributed by atoms with Crippen LogP contribution in [0.15, 0.2) is 31.0 Å². The Morgan fingerprint density at radius 2 is 1.92 bits per heavy atom. The van der Waals surface area contributed by atoms with Crippen molar-refractivity contribution in [3.63, 3.8) is 0 Å². The van der Waals surface area contributed by atoms with Crippen molar-refractivity contribution in [3.8, 4) is 11.1 Å². The number of hydrogen-bond acceptors (Lipinski definition) is 5. The van der Waals surface area contributed by atoms with Gasteiger partial charge in [-0.25, -0.2) is 0 Å². The lowest BCUT2D eigenvalue weighted by atomic mass is 9.56. The van der Waals surface area contributed by atoms with E-state index in [0.29, 0.717) is 31.2 Å². The fourth-order valence-corrected chi connectivity index (χ4v) is 6.84.